The molecule has 7 heteroatoms. The number of carbonyl (C=O) groups is 3. The number of esters is 1. The topological polar surface area (TPSA) is 102 Å². The third kappa shape index (κ3) is 4.11. The predicted octanol–water partition coefficient (Wildman–Crippen LogP) is 1.14. The molecule has 1 unspecified atom stereocenters. The number of rotatable bonds is 4. The van der Waals surface area contributed by atoms with Crippen LogP contribution in [0.2, 0.25) is 0 Å². The van der Waals surface area contributed by atoms with Gasteiger partial charge in [0.25, 0.3) is 5.91 Å². The summed E-state index contributed by atoms with van der Waals surface area (Å²) in [4.78, 5) is 37.9. The maximum Gasteiger partial charge on any atom is 0.328 e. The van der Waals surface area contributed by atoms with Crippen molar-refractivity contribution in [2.45, 2.75) is 38.3 Å². The monoisotopic (exact) mass is 333 g/mol. The number of anilines is 1. The van der Waals surface area contributed by atoms with E-state index in [1.165, 1.54) is 7.11 Å². The van der Waals surface area contributed by atoms with Gasteiger partial charge >= 0.3 is 5.97 Å². The maximum atomic E-state index is 12.8. The van der Waals surface area contributed by atoms with Gasteiger partial charge in [0.15, 0.2) is 0 Å². The lowest BCUT2D eigenvalue weighted by Gasteiger charge is -2.33. The van der Waals surface area contributed by atoms with E-state index >= 15 is 0 Å². The summed E-state index contributed by atoms with van der Waals surface area (Å²) in [5, 5.41) is 2.66. The van der Waals surface area contributed by atoms with E-state index in [4.69, 9.17) is 10.5 Å². The van der Waals surface area contributed by atoms with Gasteiger partial charge in [-0.15, -0.1) is 0 Å². The van der Waals surface area contributed by atoms with Gasteiger partial charge in [0, 0.05) is 17.8 Å². The van der Waals surface area contributed by atoms with Crippen LogP contribution in [0.4, 0.5) is 5.69 Å². The van der Waals surface area contributed by atoms with Gasteiger partial charge in [-0.25, -0.2) is 4.79 Å². The van der Waals surface area contributed by atoms with Crippen LogP contribution in [0.25, 0.3) is 0 Å². The molecule has 3 N–H and O–H groups in total. The lowest BCUT2D eigenvalue weighted by atomic mass is 10.0. The first-order valence-electron chi connectivity index (χ1n) is 7.99. The van der Waals surface area contributed by atoms with E-state index < -0.39 is 18.1 Å². The SMILES string of the molecule is COC(=O)C1CCCCN1C(=O)c1cccc(NC(=O)[C@H](C)N)c1. The first-order valence-corrected chi connectivity index (χ1v) is 7.99. The lowest BCUT2D eigenvalue weighted by Crippen LogP contribution is -2.48. The normalized spacial score (nSPS) is 18.6. The molecular formula is C17H23N3O4. The summed E-state index contributed by atoms with van der Waals surface area (Å²) in [7, 11) is 1.32. The van der Waals surface area contributed by atoms with Gasteiger partial charge in [-0.05, 0) is 44.4 Å². The van der Waals surface area contributed by atoms with Gasteiger partial charge in [0.05, 0.1) is 13.2 Å². The van der Waals surface area contributed by atoms with Crippen molar-refractivity contribution in [1.82, 2.24) is 4.90 Å². The highest BCUT2D eigenvalue weighted by Gasteiger charge is 2.33. The van der Waals surface area contributed by atoms with E-state index in [-0.39, 0.29) is 11.8 Å². The number of nitrogens with zero attached hydrogens (tertiary/aromatic N) is 1. The molecule has 1 heterocycles. The molecule has 0 aliphatic carbocycles. The zero-order chi connectivity index (χ0) is 17.7. The highest BCUT2D eigenvalue weighted by atomic mass is 16.5. The molecule has 24 heavy (non-hydrogen) atoms. The van der Waals surface area contributed by atoms with Crippen LogP contribution in [0.1, 0.15) is 36.5 Å². The van der Waals surface area contributed by atoms with Gasteiger partial charge in [-0.1, -0.05) is 6.07 Å². The average Bonchev–Trinajstić information content (AvgIpc) is 2.60. The van der Waals surface area contributed by atoms with E-state index in [9.17, 15) is 14.4 Å². The van der Waals surface area contributed by atoms with Crippen LogP contribution in [0.5, 0.6) is 0 Å². The molecule has 2 rings (SSSR count). The number of methoxy groups -OCH3 is 1. The van der Waals surface area contributed by atoms with Crippen LogP contribution >= 0.6 is 0 Å². The fourth-order valence-electron chi connectivity index (χ4n) is 2.71. The standard InChI is InChI=1S/C17H23N3O4/c1-11(18)15(21)19-13-7-5-6-12(10-13)16(22)20-9-4-3-8-14(20)17(23)24-2/h5-7,10-11,14H,3-4,8-9,18H2,1-2H3,(H,19,21)/t11-,14?/m0/s1. The quantitative estimate of drug-likeness (QED) is 0.805. The molecule has 1 fully saturated rings. The zero-order valence-electron chi connectivity index (χ0n) is 14.0. The summed E-state index contributed by atoms with van der Waals surface area (Å²) in [6.07, 6.45) is 2.33. The largest absolute Gasteiger partial charge is 0.467 e. The Morgan fingerprint density at radius 2 is 2.08 bits per heavy atom. The van der Waals surface area contributed by atoms with Crippen LogP contribution in [0.15, 0.2) is 24.3 Å². The van der Waals surface area contributed by atoms with E-state index in [0.717, 1.165) is 12.8 Å². The van der Waals surface area contributed by atoms with Crippen molar-refractivity contribution in [1.29, 1.82) is 0 Å². The Kier molecular flexibility index (Phi) is 5.92. The molecule has 0 radical (unpaired) electrons. The molecule has 7 nitrogen and oxygen atoms in total. The van der Waals surface area contributed by atoms with Crippen molar-refractivity contribution < 1.29 is 19.1 Å². The van der Waals surface area contributed by atoms with Crippen molar-refractivity contribution in [2.75, 3.05) is 19.0 Å². The number of amides is 2. The first kappa shape index (κ1) is 17.9. The summed E-state index contributed by atoms with van der Waals surface area (Å²) in [5.41, 5.74) is 6.43. The van der Waals surface area contributed by atoms with Gasteiger partial charge in [-0.3, -0.25) is 9.59 Å². The maximum absolute atomic E-state index is 12.8. The van der Waals surface area contributed by atoms with E-state index in [1.807, 2.05) is 0 Å². The van der Waals surface area contributed by atoms with Gasteiger partial charge in [-0.2, -0.15) is 0 Å². The Hall–Kier alpha value is -2.41. The smallest absolute Gasteiger partial charge is 0.328 e. The summed E-state index contributed by atoms with van der Waals surface area (Å²) >= 11 is 0. The van der Waals surface area contributed by atoms with Crippen molar-refractivity contribution in [3.63, 3.8) is 0 Å². The Labute approximate surface area is 141 Å². The number of piperidine rings is 1. The summed E-state index contributed by atoms with van der Waals surface area (Å²) in [6.45, 7) is 2.09. The molecular weight excluding hydrogens is 310 g/mol. The molecule has 0 bridgehead atoms. The Bertz CT molecular complexity index is 630. The first-order chi connectivity index (χ1) is 11.4. The molecule has 1 aliphatic rings. The fraction of sp³-hybridized carbons (Fsp3) is 0.471. The summed E-state index contributed by atoms with van der Waals surface area (Å²) in [5.74, 6) is -0.975. The van der Waals surface area contributed by atoms with E-state index in [2.05, 4.69) is 5.32 Å². The number of ether oxygens (including phenoxy) is 1. The lowest BCUT2D eigenvalue weighted by molar-refractivity contribution is -0.147. The Morgan fingerprint density at radius 1 is 1.33 bits per heavy atom. The number of nitrogens with two attached hydrogens (primary N) is 1. The van der Waals surface area contributed by atoms with Gasteiger partial charge < -0.3 is 20.7 Å². The third-order valence-electron chi connectivity index (χ3n) is 4.03. The van der Waals surface area contributed by atoms with Crippen LogP contribution in [-0.4, -0.2) is 48.4 Å². The Morgan fingerprint density at radius 3 is 2.75 bits per heavy atom. The van der Waals surface area contributed by atoms with Crippen LogP contribution in [-0.2, 0) is 14.3 Å². The Balaban J connectivity index is 2.19. The molecule has 0 saturated carbocycles. The predicted molar refractivity (Wildman–Crippen MR) is 89.4 cm³/mol. The second kappa shape index (κ2) is 7.92. The average molecular weight is 333 g/mol. The summed E-state index contributed by atoms with van der Waals surface area (Å²) < 4.78 is 4.80. The van der Waals surface area contributed by atoms with Crippen LogP contribution in [0.3, 0.4) is 0 Å². The number of hydrogen-bond donors (Lipinski definition) is 2. The number of benzene rings is 1. The van der Waals surface area contributed by atoms with Crippen LogP contribution < -0.4 is 11.1 Å². The minimum Gasteiger partial charge on any atom is -0.467 e. The number of nitrogens with one attached hydrogen (secondary N) is 1. The summed E-state index contributed by atoms with van der Waals surface area (Å²) in [6, 6.07) is 5.42. The van der Waals surface area contributed by atoms with E-state index in [1.54, 1.807) is 36.1 Å². The highest BCUT2D eigenvalue weighted by Crippen LogP contribution is 2.22. The molecule has 1 aromatic rings. The van der Waals surface area contributed by atoms with Crippen molar-refractivity contribution in [3.8, 4) is 0 Å². The molecule has 1 aromatic carbocycles. The van der Waals surface area contributed by atoms with Crippen molar-refractivity contribution in [2.24, 2.45) is 5.73 Å². The molecule has 0 spiro atoms. The third-order valence-corrected chi connectivity index (χ3v) is 4.03. The second-order valence-electron chi connectivity index (χ2n) is 5.89. The highest BCUT2D eigenvalue weighted by molar-refractivity contribution is 5.99. The number of carbonyl (C=O) groups excluding carboxylic acids is 3. The van der Waals surface area contributed by atoms with Crippen molar-refractivity contribution >= 4 is 23.5 Å². The zero-order valence-corrected chi connectivity index (χ0v) is 14.0. The van der Waals surface area contributed by atoms with Crippen molar-refractivity contribution in [3.05, 3.63) is 29.8 Å². The molecule has 0 aromatic heterocycles. The van der Waals surface area contributed by atoms with Gasteiger partial charge in [0.2, 0.25) is 5.91 Å². The molecule has 2 amide bonds. The van der Waals surface area contributed by atoms with Gasteiger partial charge in [0.1, 0.15) is 6.04 Å². The number of likely N-dealkylation sites (tertiary alicyclic amines) is 1. The van der Waals surface area contributed by atoms with E-state index in [0.29, 0.717) is 24.2 Å². The molecule has 1 saturated heterocycles. The minimum atomic E-state index is -0.643. The van der Waals surface area contributed by atoms with Crippen LogP contribution in [0, 0.1) is 0 Å². The fourth-order valence-corrected chi connectivity index (χ4v) is 2.71. The molecule has 1 aliphatic heterocycles. The molecule has 130 valence electrons. The molecule has 2 atom stereocenters. The second-order valence-corrected chi connectivity index (χ2v) is 5.89. The number of hydrogen-bond acceptors (Lipinski definition) is 5. The minimum absolute atomic E-state index is 0.248.